The largest absolute Gasteiger partial charge is 0.375 e. The lowest BCUT2D eigenvalue weighted by Crippen LogP contribution is -2.43. The summed E-state index contributed by atoms with van der Waals surface area (Å²) in [6.07, 6.45) is 1.27. The van der Waals surface area contributed by atoms with Crippen molar-refractivity contribution in [1.29, 1.82) is 0 Å². The highest BCUT2D eigenvalue weighted by atomic mass is 32.1. The van der Waals surface area contributed by atoms with Crippen LogP contribution in [-0.4, -0.2) is 21.8 Å². The minimum absolute atomic E-state index is 0.0282. The smallest absolute Gasteiger partial charge is 0.367 e. The molecule has 23 heavy (non-hydrogen) atoms. The number of halogens is 3. The third-order valence-electron chi connectivity index (χ3n) is 3.66. The van der Waals surface area contributed by atoms with E-state index >= 15 is 0 Å². The van der Waals surface area contributed by atoms with Crippen LogP contribution in [0.1, 0.15) is 24.1 Å². The van der Waals surface area contributed by atoms with E-state index in [1.54, 1.807) is 6.07 Å². The Morgan fingerprint density at radius 1 is 1.39 bits per heavy atom. The first-order valence-corrected chi connectivity index (χ1v) is 7.91. The number of thiazole rings is 1. The van der Waals surface area contributed by atoms with Gasteiger partial charge in [0.05, 0.1) is 0 Å². The molecule has 0 radical (unpaired) electrons. The van der Waals surface area contributed by atoms with Crippen LogP contribution < -0.4 is 5.73 Å². The second-order valence-electron chi connectivity index (χ2n) is 5.40. The highest BCUT2D eigenvalue weighted by molar-refractivity contribution is 7.13. The van der Waals surface area contributed by atoms with Crippen LogP contribution in [0.2, 0.25) is 0 Å². The predicted molar refractivity (Wildman–Crippen MR) is 80.4 cm³/mol. The van der Waals surface area contributed by atoms with Gasteiger partial charge in [-0.3, -0.25) is 4.79 Å². The first kappa shape index (κ1) is 15.8. The zero-order valence-electron chi connectivity index (χ0n) is 12.0. The molecule has 1 aliphatic carbocycles. The minimum Gasteiger partial charge on any atom is -0.375 e. The average molecular weight is 341 g/mol. The van der Waals surface area contributed by atoms with Crippen molar-refractivity contribution in [2.45, 2.75) is 31.4 Å². The van der Waals surface area contributed by atoms with Crippen molar-refractivity contribution < 1.29 is 18.0 Å². The van der Waals surface area contributed by atoms with Crippen molar-refractivity contribution >= 4 is 22.4 Å². The third-order valence-corrected chi connectivity index (χ3v) is 4.33. The standard InChI is InChI=1S/C15H14F3N3OS/c16-11-4-2-1-3-9(11)7-21(10-5-6-10)13(22)15(17,18)12-8-23-14(19)20-12/h1-4,8,10H,5-7H2,(H2,19,20). The van der Waals surface area contributed by atoms with Gasteiger partial charge in [0, 0.05) is 23.5 Å². The third kappa shape index (κ3) is 3.17. The minimum atomic E-state index is -3.78. The lowest BCUT2D eigenvalue weighted by molar-refractivity contribution is -0.161. The number of nitrogens with two attached hydrogens (primary N) is 1. The summed E-state index contributed by atoms with van der Waals surface area (Å²) in [5.74, 6) is -5.66. The van der Waals surface area contributed by atoms with Crippen LogP contribution in [0.4, 0.5) is 18.3 Å². The molecule has 122 valence electrons. The van der Waals surface area contributed by atoms with E-state index in [-0.39, 0.29) is 23.3 Å². The van der Waals surface area contributed by atoms with Crippen LogP contribution in [0.15, 0.2) is 29.6 Å². The Bertz CT molecular complexity index is 730. The van der Waals surface area contributed by atoms with Gasteiger partial charge < -0.3 is 10.6 Å². The highest BCUT2D eigenvalue weighted by Gasteiger charge is 2.49. The summed E-state index contributed by atoms with van der Waals surface area (Å²) in [6.45, 7) is -0.189. The average Bonchev–Trinajstić information content (AvgIpc) is 3.26. The van der Waals surface area contributed by atoms with Crippen molar-refractivity contribution in [3.8, 4) is 0 Å². The molecule has 1 heterocycles. The Morgan fingerprint density at radius 2 is 2.09 bits per heavy atom. The quantitative estimate of drug-likeness (QED) is 0.909. The zero-order chi connectivity index (χ0) is 16.6. The molecule has 0 aliphatic heterocycles. The summed E-state index contributed by atoms with van der Waals surface area (Å²) in [7, 11) is 0. The fourth-order valence-corrected chi connectivity index (χ4v) is 2.87. The van der Waals surface area contributed by atoms with E-state index in [1.165, 1.54) is 18.2 Å². The molecule has 2 aromatic rings. The number of rotatable bonds is 5. The molecule has 1 amide bonds. The fourth-order valence-electron chi connectivity index (χ4n) is 2.28. The summed E-state index contributed by atoms with van der Waals surface area (Å²) in [4.78, 5) is 16.9. The molecule has 0 atom stereocenters. The van der Waals surface area contributed by atoms with E-state index in [1.807, 2.05) is 0 Å². The topological polar surface area (TPSA) is 59.2 Å². The Balaban J connectivity index is 1.86. The second-order valence-corrected chi connectivity index (χ2v) is 6.29. The van der Waals surface area contributed by atoms with Gasteiger partial charge in [-0.05, 0) is 18.9 Å². The van der Waals surface area contributed by atoms with Crippen LogP contribution in [0.25, 0.3) is 0 Å². The van der Waals surface area contributed by atoms with E-state index in [9.17, 15) is 18.0 Å². The maximum absolute atomic E-state index is 14.4. The zero-order valence-corrected chi connectivity index (χ0v) is 12.8. The molecule has 4 nitrogen and oxygen atoms in total. The molecule has 1 fully saturated rings. The first-order valence-electron chi connectivity index (χ1n) is 7.03. The van der Waals surface area contributed by atoms with Gasteiger partial charge in [-0.2, -0.15) is 8.78 Å². The summed E-state index contributed by atoms with van der Waals surface area (Å²) in [5, 5.41) is 1.04. The molecule has 1 saturated carbocycles. The lowest BCUT2D eigenvalue weighted by atomic mass is 10.1. The Labute approximate surface area is 134 Å². The number of benzene rings is 1. The number of hydrogen-bond acceptors (Lipinski definition) is 4. The van der Waals surface area contributed by atoms with Crippen LogP contribution in [0.5, 0.6) is 0 Å². The van der Waals surface area contributed by atoms with Crippen molar-refractivity contribution in [3.63, 3.8) is 0 Å². The molecule has 0 bridgehead atoms. The van der Waals surface area contributed by atoms with Gasteiger partial charge in [0.2, 0.25) is 0 Å². The van der Waals surface area contributed by atoms with Crippen molar-refractivity contribution in [1.82, 2.24) is 9.88 Å². The number of anilines is 1. The summed E-state index contributed by atoms with van der Waals surface area (Å²) in [5.41, 5.74) is 4.91. The number of nitrogen functional groups attached to an aromatic ring is 1. The molecule has 3 rings (SSSR count). The molecule has 1 aromatic heterocycles. The number of carbonyl (C=O) groups is 1. The predicted octanol–water partition coefficient (Wildman–Crippen LogP) is 3.15. The molecule has 0 saturated heterocycles. The van der Waals surface area contributed by atoms with E-state index in [2.05, 4.69) is 4.98 Å². The Hall–Kier alpha value is -2.09. The monoisotopic (exact) mass is 341 g/mol. The SMILES string of the molecule is Nc1nc(C(F)(F)C(=O)N(Cc2ccccc2F)C2CC2)cs1. The van der Waals surface area contributed by atoms with E-state index < -0.39 is 23.3 Å². The van der Waals surface area contributed by atoms with Gasteiger partial charge in [-0.1, -0.05) is 18.2 Å². The Kier molecular flexibility index (Phi) is 4.01. The number of alkyl halides is 2. The molecular weight excluding hydrogens is 327 g/mol. The normalized spacial score (nSPS) is 14.7. The number of aromatic nitrogens is 1. The molecule has 1 aromatic carbocycles. The number of carbonyl (C=O) groups excluding carboxylic acids is 1. The van der Waals surface area contributed by atoms with Gasteiger partial charge in [0.15, 0.2) is 5.13 Å². The summed E-state index contributed by atoms with van der Waals surface area (Å²) >= 11 is 0.847. The maximum Gasteiger partial charge on any atom is 0.367 e. The van der Waals surface area contributed by atoms with Gasteiger partial charge in [0.25, 0.3) is 5.91 Å². The first-order chi connectivity index (χ1) is 10.9. The van der Waals surface area contributed by atoms with Gasteiger partial charge >= 0.3 is 5.92 Å². The van der Waals surface area contributed by atoms with Crippen LogP contribution >= 0.6 is 11.3 Å². The van der Waals surface area contributed by atoms with Crippen LogP contribution in [0, 0.1) is 5.82 Å². The van der Waals surface area contributed by atoms with Crippen LogP contribution in [0.3, 0.4) is 0 Å². The van der Waals surface area contributed by atoms with Gasteiger partial charge in [-0.15, -0.1) is 11.3 Å². The van der Waals surface area contributed by atoms with Crippen molar-refractivity contribution in [2.75, 3.05) is 5.73 Å². The van der Waals surface area contributed by atoms with Crippen molar-refractivity contribution in [2.24, 2.45) is 0 Å². The molecule has 2 N–H and O–H groups in total. The number of hydrogen-bond donors (Lipinski definition) is 1. The summed E-state index contributed by atoms with van der Waals surface area (Å²) < 4.78 is 42.6. The number of nitrogens with zero attached hydrogens (tertiary/aromatic N) is 2. The Morgan fingerprint density at radius 3 is 2.65 bits per heavy atom. The second kappa shape index (κ2) is 5.84. The lowest BCUT2D eigenvalue weighted by Gasteiger charge is -2.26. The fraction of sp³-hybridized carbons (Fsp3) is 0.333. The molecule has 1 aliphatic rings. The molecular formula is C15H14F3N3OS. The number of amides is 1. The highest BCUT2D eigenvalue weighted by Crippen LogP contribution is 2.37. The van der Waals surface area contributed by atoms with E-state index in [0.717, 1.165) is 21.6 Å². The van der Waals surface area contributed by atoms with Gasteiger partial charge in [-0.25, -0.2) is 9.37 Å². The molecule has 0 unspecified atom stereocenters. The van der Waals surface area contributed by atoms with E-state index in [0.29, 0.717) is 12.8 Å². The van der Waals surface area contributed by atoms with Crippen molar-refractivity contribution in [3.05, 3.63) is 46.7 Å². The van der Waals surface area contributed by atoms with E-state index in [4.69, 9.17) is 5.73 Å². The van der Waals surface area contributed by atoms with Gasteiger partial charge in [0.1, 0.15) is 11.5 Å². The summed E-state index contributed by atoms with van der Waals surface area (Å²) in [6, 6.07) is 5.55. The maximum atomic E-state index is 14.4. The molecule has 0 spiro atoms. The van der Waals surface area contributed by atoms with Crippen LogP contribution in [-0.2, 0) is 17.3 Å². The molecule has 8 heteroatoms.